The lowest BCUT2D eigenvalue weighted by Gasteiger charge is -2.35. The van der Waals surface area contributed by atoms with Crippen LogP contribution < -0.4 is 5.32 Å². The highest BCUT2D eigenvalue weighted by molar-refractivity contribution is 5.24. The van der Waals surface area contributed by atoms with Gasteiger partial charge in [-0.15, -0.1) is 0 Å². The Morgan fingerprint density at radius 3 is 2.33 bits per heavy atom. The van der Waals surface area contributed by atoms with E-state index in [0.29, 0.717) is 6.10 Å². The maximum Gasteiger partial charge on any atom is 0.0745 e. The molecule has 0 aromatic heterocycles. The van der Waals surface area contributed by atoms with Crippen LogP contribution in [0, 0.1) is 18.8 Å². The fourth-order valence-electron chi connectivity index (χ4n) is 3.45. The van der Waals surface area contributed by atoms with Crippen LogP contribution in [0.5, 0.6) is 0 Å². The number of nitrogens with one attached hydrogen (secondary N) is 1. The second-order valence-corrected chi connectivity index (χ2v) is 6.91. The van der Waals surface area contributed by atoms with Crippen molar-refractivity contribution < 1.29 is 4.74 Å². The Morgan fingerprint density at radius 1 is 1.10 bits per heavy atom. The molecule has 2 rings (SSSR count). The average Bonchev–Trinajstić information content (AvgIpc) is 2.46. The zero-order valence-electron chi connectivity index (χ0n) is 14.2. The van der Waals surface area contributed by atoms with Crippen molar-refractivity contribution in [3.8, 4) is 0 Å². The van der Waals surface area contributed by atoms with E-state index < -0.39 is 0 Å². The zero-order valence-corrected chi connectivity index (χ0v) is 14.2. The van der Waals surface area contributed by atoms with Crippen molar-refractivity contribution >= 4 is 0 Å². The molecular formula is C19H31NO. The van der Waals surface area contributed by atoms with Crippen molar-refractivity contribution in [1.29, 1.82) is 0 Å². The van der Waals surface area contributed by atoms with Crippen molar-refractivity contribution in [2.24, 2.45) is 11.8 Å². The number of benzene rings is 1. The summed E-state index contributed by atoms with van der Waals surface area (Å²) in [5.74, 6) is 1.63. The van der Waals surface area contributed by atoms with E-state index in [2.05, 4.69) is 57.3 Å². The minimum atomic E-state index is 0.198. The summed E-state index contributed by atoms with van der Waals surface area (Å²) in [6.45, 7) is 9.06. The number of hydrogen-bond donors (Lipinski definition) is 1. The Bertz CT molecular complexity index is 428. The van der Waals surface area contributed by atoms with Crippen molar-refractivity contribution in [2.45, 2.75) is 65.2 Å². The maximum absolute atomic E-state index is 6.39. The van der Waals surface area contributed by atoms with Gasteiger partial charge in [0.25, 0.3) is 0 Å². The molecule has 0 heterocycles. The Morgan fingerprint density at radius 2 is 1.76 bits per heavy atom. The molecule has 0 amide bonds. The van der Waals surface area contributed by atoms with Gasteiger partial charge in [-0.1, -0.05) is 43.7 Å². The van der Waals surface area contributed by atoms with Gasteiger partial charge in [0.05, 0.1) is 18.2 Å². The van der Waals surface area contributed by atoms with Gasteiger partial charge in [-0.05, 0) is 57.6 Å². The molecule has 1 fully saturated rings. The van der Waals surface area contributed by atoms with Crippen molar-refractivity contribution in [3.05, 3.63) is 35.4 Å². The van der Waals surface area contributed by atoms with E-state index in [1.54, 1.807) is 0 Å². The third kappa shape index (κ3) is 4.31. The largest absolute Gasteiger partial charge is 0.373 e. The summed E-state index contributed by atoms with van der Waals surface area (Å²) in [4.78, 5) is 0. The summed E-state index contributed by atoms with van der Waals surface area (Å²) in [5, 5.41) is 3.42. The maximum atomic E-state index is 6.39. The number of hydrogen-bond acceptors (Lipinski definition) is 2. The van der Waals surface area contributed by atoms with E-state index in [1.807, 2.05) is 7.05 Å². The van der Waals surface area contributed by atoms with Crippen LogP contribution in [0.4, 0.5) is 0 Å². The van der Waals surface area contributed by atoms with Crippen LogP contribution in [0.15, 0.2) is 24.3 Å². The number of ether oxygens (including phenoxy) is 1. The van der Waals surface area contributed by atoms with Crippen LogP contribution in [0.25, 0.3) is 0 Å². The fourth-order valence-corrected chi connectivity index (χ4v) is 3.45. The first-order chi connectivity index (χ1) is 10.0. The first-order valence-electron chi connectivity index (χ1n) is 8.40. The van der Waals surface area contributed by atoms with E-state index in [4.69, 9.17) is 4.74 Å². The summed E-state index contributed by atoms with van der Waals surface area (Å²) < 4.78 is 6.39. The van der Waals surface area contributed by atoms with Crippen molar-refractivity contribution in [3.63, 3.8) is 0 Å². The predicted molar refractivity (Wildman–Crippen MR) is 89.5 cm³/mol. The Labute approximate surface area is 130 Å². The highest BCUT2D eigenvalue weighted by atomic mass is 16.5. The molecule has 5 unspecified atom stereocenters. The summed E-state index contributed by atoms with van der Waals surface area (Å²) in [5.41, 5.74) is 2.62. The Balaban J connectivity index is 1.97. The normalized spacial score (nSPS) is 29.1. The van der Waals surface area contributed by atoms with E-state index >= 15 is 0 Å². The molecule has 2 nitrogen and oxygen atoms in total. The van der Waals surface area contributed by atoms with Crippen molar-refractivity contribution in [1.82, 2.24) is 5.32 Å². The molecule has 0 spiro atoms. The van der Waals surface area contributed by atoms with Gasteiger partial charge in [0, 0.05) is 0 Å². The highest BCUT2D eigenvalue weighted by Crippen LogP contribution is 2.32. The molecule has 1 N–H and O–H groups in total. The minimum absolute atomic E-state index is 0.198. The van der Waals surface area contributed by atoms with Gasteiger partial charge in [-0.3, -0.25) is 0 Å². The van der Waals surface area contributed by atoms with Gasteiger partial charge in [-0.25, -0.2) is 0 Å². The molecule has 0 radical (unpaired) electrons. The van der Waals surface area contributed by atoms with E-state index in [9.17, 15) is 0 Å². The molecule has 1 aromatic carbocycles. The quantitative estimate of drug-likeness (QED) is 0.862. The molecule has 0 bridgehead atoms. The van der Waals surface area contributed by atoms with E-state index in [1.165, 1.54) is 30.4 Å². The molecule has 1 aliphatic rings. The summed E-state index contributed by atoms with van der Waals surface area (Å²) in [6.07, 6.45) is 4.33. The number of aryl methyl sites for hydroxylation is 1. The lowest BCUT2D eigenvalue weighted by Crippen LogP contribution is -2.35. The lowest BCUT2D eigenvalue weighted by atomic mass is 9.80. The van der Waals surface area contributed by atoms with Crippen LogP contribution in [0.3, 0.4) is 0 Å². The fraction of sp³-hybridized carbons (Fsp3) is 0.684. The predicted octanol–water partition coefficient (Wildman–Crippen LogP) is 4.49. The van der Waals surface area contributed by atoms with Crippen LogP contribution in [0.2, 0.25) is 0 Å². The minimum Gasteiger partial charge on any atom is -0.373 e. The van der Waals surface area contributed by atoms with E-state index in [0.717, 1.165) is 11.8 Å². The van der Waals surface area contributed by atoms with Crippen LogP contribution in [-0.4, -0.2) is 19.3 Å². The van der Waals surface area contributed by atoms with Crippen LogP contribution in [0.1, 0.15) is 57.2 Å². The SMILES string of the molecule is CNC(c1ccc(C)cc1)C(C)OC1CCC(C)C(C)C1. The van der Waals surface area contributed by atoms with Gasteiger partial charge in [0.1, 0.15) is 0 Å². The van der Waals surface area contributed by atoms with Crippen LogP contribution >= 0.6 is 0 Å². The highest BCUT2D eigenvalue weighted by Gasteiger charge is 2.28. The molecule has 1 saturated carbocycles. The monoisotopic (exact) mass is 289 g/mol. The first-order valence-corrected chi connectivity index (χ1v) is 8.40. The van der Waals surface area contributed by atoms with Crippen LogP contribution in [-0.2, 0) is 4.74 Å². The summed E-state index contributed by atoms with van der Waals surface area (Å²) >= 11 is 0. The second-order valence-electron chi connectivity index (χ2n) is 6.91. The summed E-state index contributed by atoms with van der Waals surface area (Å²) in [6, 6.07) is 9.04. The smallest absolute Gasteiger partial charge is 0.0745 e. The molecule has 1 aromatic rings. The Kier molecular flexibility index (Phi) is 5.83. The second kappa shape index (κ2) is 7.42. The topological polar surface area (TPSA) is 21.3 Å². The average molecular weight is 289 g/mol. The van der Waals surface area contributed by atoms with E-state index in [-0.39, 0.29) is 12.1 Å². The first kappa shape index (κ1) is 16.5. The number of likely N-dealkylation sites (N-methyl/N-ethyl adjacent to an activating group) is 1. The molecule has 0 saturated heterocycles. The van der Waals surface area contributed by atoms with Crippen molar-refractivity contribution in [2.75, 3.05) is 7.05 Å². The molecular weight excluding hydrogens is 258 g/mol. The van der Waals surface area contributed by atoms with Gasteiger partial charge in [-0.2, -0.15) is 0 Å². The number of rotatable bonds is 5. The van der Waals surface area contributed by atoms with Gasteiger partial charge < -0.3 is 10.1 Å². The Hall–Kier alpha value is -0.860. The summed E-state index contributed by atoms with van der Waals surface area (Å²) in [7, 11) is 2.02. The third-order valence-electron chi connectivity index (χ3n) is 5.17. The molecule has 21 heavy (non-hydrogen) atoms. The van der Waals surface area contributed by atoms with Gasteiger partial charge in [0.15, 0.2) is 0 Å². The molecule has 1 aliphatic carbocycles. The molecule has 0 aliphatic heterocycles. The molecule has 5 atom stereocenters. The standard InChI is InChI=1S/C19H31NO/c1-13-6-9-17(10-7-13)19(20-5)16(4)21-18-11-8-14(2)15(3)12-18/h6-7,9-10,14-16,18-20H,8,11-12H2,1-5H3. The zero-order chi connectivity index (χ0) is 15.4. The third-order valence-corrected chi connectivity index (χ3v) is 5.17. The van der Waals surface area contributed by atoms with Gasteiger partial charge >= 0.3 is 0 Å². The molecule has 2 heteroatoms. The lowest BCUT2D eigenvalue weighted by molar-refractivity contribution is -0.0533. The molecule has 118 valence electrons. The van der Waals surface area contributed by atoms with Gasteiger partial charge in [0.2, 0.25) is 0 Å².